The second-order valence-corrected chi connectivity index (χ2v) is 7.28. The number of aromatic amines is 1. The molecule has 0 saturated heterocycles. The molecule has 5 rings (SSSR count). The molecule has 0 amide bonds. The van der Waals surface area contributed by atoms with Crippen LogP contribution in [-0.4, -0.2) is 26.5 Å². The molecule has 29 heavy (non-hydrogen) atoms. The van der Waals surface area contributed by atoms with Gasteiger partial charge in [-0.3, -0.25) is 4.40 Å². The Balaban J connectivity index is 1.70. The third-order valence-electron chi connectivity index (χ3n) is 4.66. The number of alkyl halides is 3. The van der Waals surface area contributed by atoms with Crippen LogP contribution in [-0.2, 0) is 6.18 Å². The van der Waals surface area contributed by atoms with Crippen LogP contribution in [0.5, 0.6) is 5.75 Å². The standard InChI is InChI=1S/C20H13F3N4OS/c1-28-13-5-2-11(3-6-13)16-17(27-8-9-29-19(27)26-16)18-24-14-7-4-12(20(21,22)23)10-15(14)25-18/h2-10H,1H3,(H,24,25). The molecule has 5 nitrogen and oxygen atoms in total. The van der Waals surface area contributed by atoms with Gasteiger partial charge in [0.2, 0.25) is 0 Å². The van der Waals surface area contributed by atoms with Crippen molar-refractivity contribution in [3.8, 4) is 28.5 Å². The van der Waals surface area contributed by atoms with Gasteiger partial charge in [-0.25, -0.2) is 9.97 Å². The van der Waals surface area contributed by atoms with Crippen molar-refractivity contribution in [1.29, 1.82) is 0 Å². The molecule has 146 valence electrons. The minimum Gasteiger partial charge on any atom is -0.497 e. The number of methoxy groups -OCH3 is 1. The first-order chi connectivity index (χ1) is 13.9. The van der Waals surface area contributed by atoms with Gasteiger partial charge >= 0.3 is 6.18 Å². The van der Waals surface area contributed by atoms with Crippen LogP contribution in [0.3, 0.4) is 0 Å². The van der Waals surface area contributed by atoms with E-state index in [1.54, 1.807) is 7.11 Å². The van der Waals surface area contributed by atoms with Crippen molar-refractivity contribution in [2.24, 2.45) is 0 Å². The van der Waals surface area contributed by atoms with Crippen LogP contribution in [0.25, 0.3) is 38.8 Å². The number of imidazole rings is 2. The summed E-state index contributed by atoms with van der Waals surface area (Å²) in [4.78, 5) is 13.0. The Morgan fingerprint density at radius 3 is 2.59 bits per heavy atom. The Bertz CT molecular complexity index is 1330. The molecule has 5 aromatic rings. The van der Waals surface area contributed by atoms with Crippen molar-refractivity contribution >= 4 is 27.3 Å². The molecule has 2 aromatic carbocycles. The summed E-state index contributed by atoms with van der Waals surface area (Å²) in [6, 6.07) is 10.9. The zero-order valence-corrected chi connectivity index (χ0v) is 15.8. The molecule has 0 aliphatic carbocycles. The van der Waals surface area contributed by atoms with E-state index < -0.39 is 11.7 Å². The van der Waals surface area contributed by atoms with E-state index in [0.717, 1.165) is 28.4 Å². The second-order valence-electron chi connectivity index (χ2n) is 6.41. The number of aromatic nitrogens is 4. The van der Waals surface area contributed by atoms with E-state index in [2.05, 4.69) is 9.97 Å². The third-order valence-corrected chi connectivity index (χ3v) is 5.42. The van der Waals surface area contributed by atoms with Gasteiger partial charge in [0.05, 0.1) is 23.7 Å². The van der Waals surface area contributed by atoms with E-state index in [4.69, 9.17) is 9.72 Å². The summed E-state index contributed by atoms with van der Waals surface area (Å²) in [5.41, 5.74) is 2.29. The van der Waals surface area contributed by atoms with Crippen LogP contribution in [0, 0.1) is 0 Å². The molecule has 0 aliphatic heterocycles. The first-order valence-electron chi connectivity index (χ1n) is 8.61. The first-order valence-corrected chi connectivity index (χ1v) is 9.49. The number of rotatable bonds is 3. The number of nitrogens with zero attached hydrogens (tertiary/aromatic N) is 3. The largest absolute Gasteiger partial charge is 0.497 e. The van der Waals surface area contributed by atoms with Gasteiger partial charge in [0.25, 0.3) is 0 Å². The van der Waals surface area contributed by atoms with Crippen LogP contribution in [0.15, 0.2) is 54.0 Å². The third kappa shape index (κ3) is 2.94. The average molecular weight is 414 g/mol. The molecule has 9 heteroatoms. The van der Waals surface area contributed by atoms with E-state index in [-0.39, 0.29) is 0 Å². The monoisotopic (exact) mass is 414 g/mol. The van der Waals surface area contributed by atoms with Crippen molar-refractivity contribution in [1.82, 2.24) is 19.4 Å². The number of fused-ring (bicyclic) bond motifs is 2. The first kappa shape index (κ1) is 17.7. The lowest BCUT2D eigenvalue weighted by Gasteiger charge is -2.05. The minimum atomic E-state index is -4.41. The SMILES string of the molecule is COc1ccc(-c2nc3sccn3c2-c2nc3ccc(C(F)(F)F)cc3[nH]2)cc1. The van der Waals surface area contributed by atoms with Gasteiger partial charge in [-0.2, -0.15) is 13.2 Å². The van der Waals surface area contributed by atoms with Gasteiger partial charge in [-0.1, -0.05) is 0 Å². The van der Waals surface area contributed by atoms with Gasteiger partial charge in [-0.05, 0) is 42.5 Å². The molecular formula is C20H13F3N4OS. The van der Waals surface area contributed by atoms with Gasteiger partial charge in [0.1, 0.15) is 17.1 Å². The summed E-state index contributed by atoms with van der Waals surface area (Å²) in [5.74, 6) is 1.18. The fourth-order valence-corrected chi connectivity index (χ4v) is 3.97. The predicted molar refractivity (Wildman–Crippen MR) is 105 cm³/mol. The van der Waals surface area contributed by atoms with Crippen LogP contribution in [0.4, 0.5) is 13.2 Å². The molecule has 0 saturated carbocycles. The topological polar surface area (TPSA) is 55.2 Å². The summed E-state index contributed by atoms with van der Waals surface area (Å²) >= 11 is 1.47. The molecule has 0 radical (unpaired) electrons. The minimum absolute atomic E-state index is 0.320. The molecule has 3 aromatic heterocycles. The van der Waals surface area contributed by atoms with E-state index in [0.29, 0.717) is 28.2 Å². The number of H-pyrrole nitrogens is 1. The Morgan fingerprint density at radius 1 is 1.07 bits per heavy atom. The molecule has 0 aliphatic rings. The highest BCUT2D eigenvalue weighted by atomic mass is 32.1. The zero-order valence-electron chi connectivity index (χ0n) is 15.0. The van der Waals surface area contributed by atoms with Crippen LogP contribution >= 0.6 is 11.3 Å². The fraction of sp³-hybridized carbons (Fsp3) is 0.100. The lowest BCUT2D eigenvalue weighted by molar-refractivity contribution is -0.137. The van der Waals surface area contributed by atoms with Crippen molar-refractivity contribution in [3.05, 3.63) is 59.6 Å². The Labute approximate surface area is 166 Å². The summed E-state index contributed by atoms with van der Waals surface area (Å²) < 4.78 is 46.2. The highest BCUT2D eigenvalue weighted by Crippen LogP contribution is 2.36. The lowest BCUT2D eigenvalue weighted by Crippen LogP contribution is -2.04. The molecule has 0 unspecified atom stereocenters. The summed E-state index contributed by atoms with van der Waals surface area (Å²) in [7, 11) is 1.59. The number of benzene rings is 2. The highest BCUT2D eigenvalue weighted by Gasteiger charge is 2.31. The number of halogens is 3. The number of hydrogen-bond donors (Lipinski definition) is 1. The van der Waals surface area contributed by atoms with E-state index >= 15 is 0 Å². The summed E-state index contributed by atoms with van der Waals surface area (Å²) in [5, 5.41) is 1.90. The van der Waals surface area contributed by atoms with E-state index in [1.807, 2.05) is 40.2 Å². The maximum atomic E-state index is 13.1. The van der Waals surface area contributed by atoms with Crippen LogP contribution < -0.4 is 4.74 Å². The molecule has 1 N–H and O–H groups in total. The second kappa shape index (κ2) is 6.35. The summed E-state index contributed by atoms with van der Waals surface area (Å²) in [6.45, 7) is 0. The maximum Gasteiger partial charge on any atom is 0.416 e. The van der Waals surface area contributed by atoms with Gasteiger partial charge in [0, 0.05) is 17.1 Å². The summed E-state index contributed by atoms with van der Waals surface area (Å²) in [6.07, 6.45) is -2.55. The quantitative estimate of drug-likeness (QED) is 0.416. The van der Waals surface area contributed by atoms with E-state index in [9.17, 15) is 13.2 Å². The van der Waals surface area contributed by atoms with Crippen molar-refractivity contribution in [2.45, 2.75) is 6.18 Å². The molecule has 0 spiro atoms. The van der Waals surface area contributed by atoms with Crippen molar-refractivity contribution < 1.29 is 17.9 Å². The Kier molecular flexibility index (Phi) is 3.88. The molecule has 0 fully saturated rings. The predicted octanol–water partition coefficient (Wildman–Crippen LogP) is 5.63. The van der Waals surface area contributed by atoms with Crippen molar-refractivity contribution in [2.75, 3.05) is 7.11 Å². The smallest absolute Gasteiger partial charge is 0.416 e. The molecule has 0 bridgehead atoms. The van der Waals surface area contributed by atoms with Crippen LogP contribution in [0.2, 0.25) is 0 Å². The van der Waals surface area contributed by atoms with E-state index in [1.165, 1.54) is 17.4 Å². The average Bonchev–Trinajstić information content (AvgIpc) is 3.40. The molecule has 3 heterocycles. The normalized spacial score (nSPS) is 12.1. The fourth-order valence-electron chi connectivity index (χ4n) is 3.26. The number of hydrogen-bond acceptors (Lipinski definition) is 4. The van der Waals surface area contributed by atoms with Crippen LogP contribution in [0.1, 0.15) is 5.56 Å². The number of nitrogens with one attached hydrogen (secondary N) is 1. The number of thiazole rings is 1. The molecule has 0 atom stereocenters. The van der Waals surface area contributed by atoms with Gasteiger partial charge < -0.3 is 9.72 Å². The zero-order chi connectivity index (χ0) is 20.2. The molecular weight excluding hydrogens is 401 g/mol. The Hall–Kier alpha value is -3.33. The lowest BCUT2D eigenvalue weighted by atomic mass is 10.1. The Morgan fingerprint density at radius 2 is 1.86 bits per heavy atom. The van der Waals surface area contributed by atoms with Gasteiger partial charge in [0.15, 0.2) is 10.8 Å². The maximum absolute atomic E-state index is 13.1. The highest BCUT2D eigenvalue weighted by molar-refractivity contribution is 7.15. The van der Waals surface area contributed by atoms with Gasteiger partial charge in [-0.15, -0.1) is 11.3 Å². The van der Waals surface area contributed by atoms with Crippen molar-refractivity contribution in [3.63, 3.8) is 0 Å². The number of ether oxygens (including phenoxy) is 1.